The van der Waals surface area contributed by atoms with Crippen molar-refractivity contribution in [2.24, 2.45) is 0 Å². The van der Waals surface area contributed by atoms with Gasteiger partial charge in [-0.1, -0.05) is 5.16 Å². The fourth-order valence-corrected chi connectivity index (χ4v) is 3.89. The molecular formula is C23H19F3N3O3. The fraction of sp³-hybridized carbons (Fsp3) is 0.261. The van der Waals surface area contributed by atoms with Crippen LogP contribution >= 0.6 is 0 Å². The molecule has 5 rings (SSSR count). The SMILES string of the molecule is CC(C)Oc1cc(OC(F)(F)F)ccc1-c1nc(-c2ccc3[nH]c4c(c3c2)CC[CH]4)no1. The number of nitrogens with zero attached hydrogens (tertiary/aromatic N) is 2. The van der Waals surface area contributed by atoms with Gasteiger partial charge in [-0.25, -0.2) is 0 Å². The largest absolute Gasteiger partial charge is 0.573 e. The molecule has 0 aliphatic heterocycles. The van der Waals surface area contributed by atoms with Gasteiger partial charge in [-0.05, 0) is 62.6 Å². The lowest BCUT2D eigenvalue weighted by atomic mass is 10.1. The highest BCUT2D eigenvalue weighted by atomic mass is 19.4. The van der Waals surface area contributed by atoms with Crippen LogP contribution in [0.15, 0.2) is 40.9 Å². The van der Waals surface area contributed by atoms with Gasteiger partial charge in [0.1, 0.15) is 11.5 Å². The van der Waals surface area contributed by atoms with Gasteiger partial charge >= 0.3 is 6.36 Å². The summed E-state index contributed by atoms with van der Waals surface area (Å²) in [6.07, 6.45) is -0.904. The highest BCUT2D eigenvalue weighted by molar-refractivity contribution is 5.89. The summed E-state index contributed by atoms with van der Waals surface area (Å²) in [5, 5.41) is 5.20. The van der Waals surface area contributed by atoms with Crippen molar-refractivity contribution in [1.29, 1.82) is 0 Å². The molecule has 1 aliphatic carbocycles. The van der Waals surface area contributed by atoms with Gasteiger partial charge in [0.25, 0.3) is 5.89 Å². The second kappa shape index (κ2) is 7.58. The predicted molar refractivity (Wildman–Crippen MR) is 111 cm³/mol. The van der Waals surface area contributed by atoms with Gasteiger partial charge in [0.05, 0.1) is 11.7 Å². The lowest BCUT2D eigenvalue weighted by molar-refractivity contribution is -0.274. The van der Waals surface area contributed by atoms with E-state index in [1.807, 2.05) is 18.2 Å². The van der Waals surface area contributed by atoms with E-state index >= 15 is 0 Å². The van der Waals surface area contributed by atoms with E-state index in [1.165, 1.54) is 23.8 Å². The zero-order valence-electron chi connectivity index (χ0n) is 17.3. The summed E-state index contributed by atoms with van der Waals surface area (Å²) in [4.78, 5) is 7.87. The second-order valence-corrected chi connectivity index (χ2v) is 7.82. The Morgan fingerprint density at radius 1 is 1.12 bits per heavy atom. The standard InChI is InChI=1S/C23H19F3N3O3/c1-12(2)30-20-11-14(31-23(24,25)26)7-8-16(20)22-28-21(29-32-22)13-6-9-19-17(10-13)15-4-3-5-18(15)27-19/h5-12,27H,3-4H2,1-2H3. The topological polar surface area (TPSA) is 73.2 Å². The van der Waals surface area contributed by atoms with Crippen molar-refractivity contribution in [3.05, 3.63) is 54.1 Å². The molecule has 165 valence electrons. The first-order valence-electron chi connectivity index (χ1n) is 10.2. The molecule has 0 fully saturated rings. The van der Waals surface area contributed by atoms with E-state index in [2.05, 4.69) is 26.3 Å². The van der Waals surface area contributed by atoms with Crippen LogP contribution in [0.2, 0.25) is 0 Å². The highest BCUT2D eigenvalue weighted by Crippen LogP contribution is 2.37. The molecule has 1 radical (unpaired) electrons. The number of benzene rings is 2. The average Bonchev–Trinajstić information content (AvgIpc) is 3.42. The van der Waals surface area contributed by atoms with E-state index in [0.717, 1.165) is 35.0 Å². The van der Waals surface area contributed by atoms with E-state index in [0.29, 0.717) is 11.4 Å². The van der Waals surface area contributed by atoms with Crippen LogP contribution < -0.4 is 9.47 Å². The molecule has 1 N–H and O–H groups in total. The number of halogens is 3. The minimum atomic E-state index is -4.80. The lowest BCUT2D eigenvalue weighted by Gasteiger charge is -2.15. The number of ether oxygens (including phenoxy) is 2. The number of fused-ring (bicyclic) bond motifs is 3. The van der Waals surface area contributed by atoms with E-state index in [-0.39, 0.29) is 23.5 Å². The molecule has 2 aromatic heterocycles. The molecule has 0 bridgehead atoms. The molecule has 0 unspecified atom stereocenters. The molecule has 2 aromatic carbocycles. The van der Waals surface area contributed by atoms with E-state index in [4.69, 9.17) is 9.26 Å². The van der Waals surface area contributed by atoms with Crippen molar-refractivity contribution in [1.82, 2.24) is 15.1 Å². The van der Waals surface area contributed by atoms with Crippen molar-refractivity contribution >= 4 is 10.9 Å². The van der Waals surface area contributed by atoms with Crippen LogP contribution in [0, 0.1) is 6.42 Å². The molecule has 0 spiro atoms. The Kier molecular flexibility index (Phi) is 4.83. The first-order valence-corrected chi connectivity index (χ1v) is 10.2. The summed E-state index contributed by atoms with van der Waals surface area (Å²) in [5.41, 5.74) is 4.64. The molecule has 32 heavy (non-hydrogen) atoms. The fourth-order valence-electron chi connectivity index (χ4n) is 3.89. The molecule has 0 amide bonds. The van der Waals surface area contributed by atoms with Crippen molar-refractivity contribution in [3.63, 3.8) is 0 Å². The summed E-state index contributed by atoms with van der Waals surface area (Å²) in [5.74, 6) is 0.290. The minimum Gasteiger partial charge on any atom is -0.490 e. The number of aromatic nitrogens is 3. The maximum atomic E-state index is 12.6. The number of H-pyrrole nitrogens is 1. The van der Waals surface area contributed by atoms with Gasteiger partial charge in [-0.3, -0.25) is 0 Å². The van der Waals surface area contributed by atoms with Gasteiger partial charge in [-0.15, -0.1) is 13.2 Å². The van der Waals surface area contributed by atoms with Gasteiger partial charge < -0.3 is 19.0 Å². The summed E-state index contributed by atoms with van der Waals surface area (Å²) in [7, 11) is 0. The molecular weight excluding hydrogens is 423 g/mol. The van der Waals surface area contributed by atoms with E-state index in [1.54, 1.807) is 13.8 Å². The van der Waals surface area contributed by atoms with Crippen molar-refractivity contribution in [2.45, 2.75) is 39.2 Å². The van der Waals surface area contributed by atoms with Gasteiger partial charge in [0, 0.05) is 34.6 Å². The molecule has 0 saturated heterocycles. The van der Waals surface area contributed by atoms with Crippen LogP contribution in [0.3, 0.4) is 0 Å². The highest BCUT2D eigenvalue weighted by Gasteiger charge is 2.31. The summed E-state index contributed by atoms with van der Waals surface area (Å²) >= 11 is 0. The number of nitrogens with one attached hydrogen (secondary N) is 1. The van der Waals surface area contributed by atoms with Gasteiger partial charge in [0.15, 0.2) is 0 Å². The molecule has 4 aromatic rings. The van der Waals surface area contributed by atoms with Crippen LogP contribution in [0.4, 0.5) is 13.2 Å². The lowest BCUT2D eigenvalue weighted by Crippen LogP contribution is -2.17. The summed E-state index contributed by atoms with van der Waals surface area (Å²) in [6, 6.07) is 9.65. The van der Waals surface area contributed by atoms with E-state index < -0.39 is 6.36 Å². The average molecular weight is 442 g/mol. The second-order valence-electron chi connectivity index (χ2n) is 7.82. The maximum Gasteiger partial charge on any atom is 0.573 e. The number of aromatic amines is 1. The number of alkyl halides is 3. The minimum absolute atomic E-state index is 0.141. The zero-order chi connectivity index (χ0) is 22.5. The third kappa shape index (κ3) is 3.90. The Balaban J connectivity index is 1.50. The van der Waals surface area contributed by atoms with Crippen LogP contribution in [0.5, 0.6) is 11.5 Å². The molecule has 6 nitrogen and oxygen atoms in total. The summed E-state index contributed by atoms with van der Waals surface area (Å²) < 4.78 is 53.0. The Morgan fingerprint density at radius 3 is 2.75 bits per heavy atom. The molecule has 1 aliphatic rings. The third-order valence-electron chi connectivity index (χ3n) is 5.15. The first-order chi connectivity index (χ1) is 15.3. The Labute approximate surface area is 181 Å². The van der Waals surface area contributed by atoms with Gasteiger partial charge in [-0.2, -0.15) is 4.98 Å². The number of aryl methyl sites for hydroxylation is 1. The van der Waals surface area contributed by atoms with Gasteiger partial charge in [0.2, 0.25) is 5.82 Å². The Hall–Kier alpha value is -3.49. The quantitative estimate of drug-likeness (QED) is 0.406. The monoisotopic (exact) mass is 442 g/mol. The number of rotatable bonds is 5. The summed E-state index contributed by atoms with van der Waals surface area (Å²) in [6.45, 7) is 3.53. The number of hydrogen-bond donors (Lipinski definition) is 1. The molecule has 0 saturated carbocycles. The zero-order valence-corrected chi connectivity index (χ0v) is 17.3. The molecule has 2 heterocycles. The smallest absolute Gasteiger partial charge is 0.490 e. The molecule has 9 heteroatoms. The van der Waals surface area contributed by atoms with E-state index in [9.17, 15) is 13.2 Å². The van der Waals surface area contributed by atoms with Crippen molar-refractivity contribution in [2.75, 3.05) is 0 Å². The number of hydrogen-bond acceptors (Lipinski definition) is 5. The van der Waals surface area contributed by atoms with Crippen LogP contribution in [0.25, 0.3) is 33.7 Å². The molecule has 0 atom stereocenters. The van der Waals surface area contributed by atoms with Crippen LogP contribution in [0.1, 0.15) is 31.5 Å². The van der Waals surface area contributed by atoms with Crippen molar-refractivity contribution < 1.29 is 27.2 Å². The van der Waals surface area contributed by atoms with Crippen LogP contribution in [-0.4, -0.2) is 27.6 Å². The maximum absolute atomic E-state index is 12.6. The normalized spacial score (nSPS) is 13.7. The van der Waals surface area contributed by atoms with Crippen LogP contribution in [-0.2, 0) is 6.42 Å². The Bertz CT molecular complexity index is 1290. The third-order valence-corrected chi connectivity index (χ3v) is 5.15. The first kappa shape index (κ1) is 20.4. The Morgan fingerprint density at radius 2 is 1.97 bits per heavy atom. The predicted octanol–water partition coefficient (Wildman–Crippen LogP) is 6.07. The van der Waals surface area contributed by atoms with Crippen molar-refractivity contribution in [3.8, 4) is 34.3 Å².